The second kappa shape index (κ2) is 12.4. The minimum Gasteiger partial charge on any atom is -0.480 e. The van der Waals surface area contributed by atoms with Gasteiger partial charge in [0.2, 0.25) is 0 Å². The highest BCUT2D eigenvalue weighted by molar-refractivity contribution is 5.73. The maximum Gasteiger partial charge on any atom is 0.323 e. The predicted octanol–water partition coefficient (Wildman–Crippen LogP) is 4.93. The molecule has 0 spiro atoms. The summed E-state index contributed by atoms with van der Waals surface area (Å²) in [5.41, 5.74) is 5.66. The Bertz CT molecular complexity index is 1540. The number of nitriles is 1. The van der Waals surface area contributed by atoms with Crippen molar-refractivity contribution in [3.63, 3.8) is 0 Å². The van der Waals surface area contributed by atoms with E-state index in [2.05, 4.69) is 46.1 Å². The zero-order valence-electron chi connectivity index (χ0n) is 22.2. The fraction of sp³-hybridized carbons (Fsp3) is 0.258. The molecule has 0 radical (unpaired) electrons. The Morgan fingerprint density at radius 3 is 2.50 bits per heavy atom. The second-order valence-corrected chi connectivity index (χ2v) is 9.63. The molecule has 1 saturated heterocycles. The molecular formula is C31H29N5O4. The van der Waals surface area contributed by atoms with Crippen molar-refractivity contribution in [2.24, 2.45) is 0 Å². The summed E-state index contributed by atoms with van der Waals surface area (Å²) in [4.78, 5) is 26.9. The SMILES string of the molecule is Cc1c(COc2nc(CN3CCC[C@H]3C(=O)O)nc(OCc3cccc(C#N)c3)n2)cccc1-c1ccccc1. The molecule has 5 rings (SSSR count). The third-order valence-electron chi connectivity index (χ3n) is 6.95. The number of carbonyl (C=O) groups is 1. The lowest BCUT2D eigenvalue weighted by Crippen LogP contribution is -2.35. The highest BCUT2D eigenvalue weighted by atomic mass is 16.5. The smallest absolute Gasteiger partial charge is 0.323 e. The van der Waals surface area contributed by atoms with Crippen LogP contribution in [0.1, 0.15) is 40.9 Å². The van der Waals surface area contributed by atoms with Crippen LogP contribution in [0.5, 0.6) is 12.0 Å². The van der Waals surface area contributed by atoms with Gasteiger partial charge in [-0.2, -0.15) is 15.2 Å². The molecule has 1 N–H and O–H groups in total. The molecule has 9 heteroatoms. The van der Waals surface area contributed by atoms with E-state index in [1.807, 2.05) is 41.3 Å². The van der Waals surface area contributed by atoms with Crippen LogP contribution < -0.4 is 9.47 Å². The fourth-order valence-electron chi connectivity index (χ4n) is 4.85. The van der Waals surface area contributed by atoms with Crippen LogP contribution in [0.2, 0.25) is 0 Å². The first-order valence-electron chi connectivity index (χ1n) is 13.1. The molecule has 202 valence electrons. The van der Waals surface area contributed by atoms with E-state index in [0.717, 1.165) is 34.2 Å². The van der Waals surface area contributed by atoms with Crippen molar-refractivity contribution < 1.29 is 19.4 Å². The van der Waals surface area contributed by atoms with E-state index in [1.54, 1.807) is 18.2 Å². The van der Waals surface area contributed by atoms with Crippen LogP contribution in [0, 0.1) is 18.3 Å². The first-order valence-corrected chi connectivity index (χ1v) is 13.1. The molecule has 40 heavy (non-hydrogen) atoms. The van der Waals surface area contributed by atoms with Crippen molar-refractivity contribution in [3.8, 4) is 29.2 Å². The number of ether oxygens (including phenoxy) is 2. The molecule has 4 aromatic rings. The van der Waals surface area contributed by atoms with Gasteiger partial charge in [0, 0.05) is 0 Å². The molecule has 2 heterocycles. The zero-order chi connectivity index (χ0) is 27.9. The first kappa shape index (κ1) is 26.8. The molecule has 0 aliphatic carbocycles. The summed E-state index contributed by atoms with van der Waals surface area (Å²) in [7, 11) is 0. The van der Waals surface area contributed by atoms with E-state index in [9.17, 15) is 15.2 Å². The molecular weight excluding hydrogens is 506 g/mol. The van der Waals surface area contributed by atoms with Crippen molar-refractivity contribution in [2.45, 2.75) is 45.6 Å². The van der Waals surface area contributed by atoms with Crippen LogP contribution in [0.4, 0.5) is 0 Å². The molecule has 0 unspecified atom stereocenters. The molecule has 1 aliphatic rings. The van der Waals surface area contributed by atoms with E-state index < -0.39 is 12.0 Å². The van der Waals surface area contributed by atoms with E-state index in [4.69, 9.17) is 9.47 Å². The van der Waals surface area contributed by atoms with Gasteiger partial charge in [-0.1, -0.05) is 60.7 Å². The number of carboxylic acids is 1. The number of likely N-dealkylation sites (tertiary alicyclic amines) is 1. The lowest BCUT2D eigenvalue weighted by Gasteiger charge is -2.20. The molecule has 1 aromatic heterocycles. The van der Waals surface area contributed by atoms with E-state index in [0.29, 0.717) is 24.4 Å². The van der Waals surface area contributed by atoms with Crippen LogP contribution in [0.25, 0.3) is 11.1 Å². The number of benzene rings is 3. The molecule has 0 amide bonds. The third-order valence-corrected chi connectivity index (χ3v) is 6.95. The Hall–Kier alpha value is -4.81. The molecule has 1 aliphatic heterocycles. The van der Waals surface area contributed by atoms with Gasteiger partial charge in [-0.15, -0.1) is 4.98 Å². The van der Waals surface area contributed by atoms with Crippen LogP contribution in [0.15, 0.2) is 72.8 Å². The van der Waals surface area contributed by atoms with E-state index in [1.165, 1.54) is 0 Å². The van der Waals surface area contributed by atoms with Crippen molar-refractivity contribution in [3.05, 3.63) is 101 Å². The Labute approximate surface area is 232 Å². The van der Waals surface area contributed by atoms with Gasteiger partial charge in [0.15, 0.2) is 5.82 Å². The molecule has 1 fully saturated rings. The van der Waals surface area contributed by atoms with Gasteiger partial charge in [0.25, 0.3) is 0 Å². The third kappa shape index (κ3) is 6.42. The van der Waals surface area contributed by atoms with Crippen molar-refractivity contribution in [2.75, 3.05) is 6.54 Å². The van der Waals surface area contributed by atoms with Crippen LogP contribution in [-0.2, 0) is 24.6 Å². The monoisotopic (exact) mass is 535 g/mol. The topological polar surface area (TPSA) is 121 Å². The lowest BCUT2D eigenvalue weighted by atomic mass is 9.97. The number of hydrogen-bond donors (Lipinski definition) is 1. The summed E-state index contributed by atoms with van der Waals surface area (Å²) in [6.07, 6.45) is 1.38. The Balaban J connectivity index is 1.37. The first-order chi connectivity index (χ1) is 19.5. The zero-order valence-corrected chi connectivity index (χ0v) is 22.2. The van der Waals surface area contributed by atoms with Gasteiger partial charge in [-0.05, 0) is 66.3 Å². The van der Waals surface area contributed by atoms with Gasteiger partial charge in [0.1, 0.15) is 19.3 Å². The van der Waals surface area contributed by atoms with Crippen molar-refractivity contribution in [1.29, 1.82) is 5.26 Å². The Morgan fingerprint density at radius 1 is 1.00 bits per heavy atom. The Kier molecular flexibility index (Phi) is 8.28. The van der Waals surface area contributed by atoms with Gasteiger partial charge in [0.05, 0.1) is 18.2 Å². The largest absolute Gasteiger partial charge is 0.480 e. The van der Waals surface area contributed by atoms with Crippen molar-refractivity contribution in [1.82, 2.24) is 19.9 Å². The molecule has 0 saturated carbocycles. The summed E-state index contributed by atoms with van der Waals surface area (Å²) in [6.45, 7) is 3.32. The number of aliphatic carboxylic acids is 1. The highest BCUT2D eigenvalue weighted by Crippen LogP contribution is 2.27. The van der Waals surface area contributed by atoms with E-state index in [-0.39, 0.29) is 31.8 Å². The fourth-order valence-corrected chi connectivity index (χ4v) is 4.85. The molecule has 3 aromatic carbocycles. The summed E-state index contributed by atoms with van der Waals surface area (Å²) in [5, 5.41) is 18.8. The van der Waals surface area contributed by atoms with Gasteiger partial charge >= 0.3 is 18.0 Å². The summed E-state index contributed by atoms with van der Waals surface area (Å²) in [6, 6.07) is 25.1. The highest BCUT2D eigenvalue weighted by Gasteiger charge is 2.31. The summed E-state index contributed by atoms with van der Waals surface area (Å²) >= 11 is 0. The molecule has 9 nitrogen and oxygen atoms in total. The summed E-state index contributed by atoms with van der Waals surface area (Å²) < 4.78 is 11.9. The number of aromatic nitrogens is 3. The number of nitrogens with zero attached hydrogens (tertiary/aromatic N) is 5. The second-order valence-electron chi connectivity index (χ2n) is 9.63. The maximum atomic E-state index is 11.7. The predicted molar refractivity (Wildman–Crippen MR) is 147 cm³/mol. The number of carboxylic acid groups (broad SMARTS) is 1. The van der Waals surface area contributed by atoms with Gasteiger partial charge in [-0.25, -0.2) is 0 Å². The minimum atomic E-state index is -0.856. The van der Waals surface area contributed by atoms with Gasteiger partial charge < -0.3 is 14.6 Å². The average molecular weight is 536 g/mol. The molecule has 1 atom stereocenters. The minimum absolute atomic E-state index is 0.0724. The van der Waals surface area contributed by atoms with E-state index >= 15 is 0 Å². The normalized spacial score (nSPS) is 14.9. The lowest BCUT2D eigenvalue weighted by molar-refractivity contribution is -0.142. The van der Waals surface area contributed by atoms with Crippen LogP contribution in [-0.4, -0.2) is 43.5 Å². The summed E-state index contributed by atoms with van der Waals surface area (Å²) in [5.74, 6) is -0.487. The maximum absolute atomic E-state index is 11.7. The van der Waals surface area contributed by atoms with Crippen molar-refractivity contribution >= 4 is 5.97 Å². The number of hydrogen-bond acceptors (Lipinski definition) is 8. The standard InChI is InChI=1S/C31H29N5O4/c1-21-25(12-6-13-26(21)24-10-3-2-4-11-24)20-40-31-34-28(18-36-15-7-14-27(36)29(37)38)33-30(35-31)39-19-23-9-5-8-22(16-23)17-32/h2-6,8-13,16,27H,7,14-15,18-20H2,1H3,(H,37,38)/t27-/m0/s1. The average Bonchev–Trinajstić information content (AvgIpc) is 3.44. The van der Waals surface area contributed by atoms with Crippen LogP contribution >= 0.6 is 0 Å². The van der Waals surface area contributed by atoms with Gasteiger partial charge in [-0.3, -0.25) is 9.69 Å². The Morgan fingerprint density at radius 2 is 1.75 bits per heavy atom. The van der Waals surface area contributed by atoms with Crippen LogP contribution in [0.3, 0.4) is 0 Å². The molecule has 0 bridgehead atoms. The quantitative estimate of drug-likeness (QED) is 0.301. The number of rotatable bonds is 10.